The Bertz CT molecular complexity index is 702. The maximum atomic E-state index is 5.94. The van der Waals surface area contributed by atoms with Gasteiger partial charge in [-0.3, -0.25) is 10.4 Å². The Morgan fingerprint density at radius 1 is 1.22 bits per heavy atom. The molecule has 1 aliphatic rings. The molecule has 0 atom stereocenters. The van der Waals surface area contributed by atoms with E-state index in [2.05, 4.69) is 10.3 Å². The van der Waals surface area contributed by atoms with Crippen molar-refractivity contribution in [2.24, 2.45) is 0 Å². The molecule has 2 aromatic rings. The minimum atomic E-state index is 0.666. The average molecular weight is 331 g/mol. The molecular formula is C17H19ClN4O. The van der Waals surface area contributed by atoms with Crippen LogP contribution in [0, 0.1) is 0 Å². The highest BCUT2D eigenvalue weighted by atomic mass is 35.5. The molecule has 0 bridgehead atoms. The largest absolute Gasteiger partial charge is 0.480 e. The number of halogens is 1. The Hall–Kier alpha value is -2.53. The topological polar surface area (TPSA) is 53.8 Å². The minimum Gasteiger partial charge on any atom is -0.480 e. The van der Waals surface area contributed by atoms with Gasteiger partial charge in [0.25, 0.3) is 0 Å². The van der Waals surface area contributed by atoms with Crippen molar-refractivity contribution < 1.29 is 4.74 Å². The van der Waals surface area contributed by atoms with Gasteiger partial charge in [-0.05, 0) is 35.9 Å². The Morgan fingerprint density at radius 3 is 2.70 bits per heavy atom. The maximum absolute atomic E-state index is 5.94. The number of benzene rings is 2. The van der Waals surface area contributed by atoms with E-state index in [1.807, 2.05) is 59.7 Å². The third-order valence-electron chi connectivity index (χ3n) is 3.57. The minimum absolute atomic E-state index is 0.666. The van der Waals surface area contributed by atoms with Gasteiger partial charge in [-0.15, -0.1) is 0 Å². The predicted molar refractivity (Wildman–Crippen MR) is 93.4 cm³/mol. The molecule has 23 heavy (non-hydrogen) atoms. The summed E-state index contributed by atoms with van der Waals surface area (Å²) in [6, 6.07) is 15.6. The van der Waals surface area contributed by atoms with Gasteiger partial charge in [0.1, 0.15) is 6.67 Å². The summed E-state index contributed by atoms with van der Waals surface area (Å²) >= 11 is 5.94. The summed E-state index contributed by atoms with van der Waals surface area (Å²) in [5, 5.41) is 2.73. The van der Waals surface area contributed by atoms with E-state index in [4.69, 9.17) is 22.1 Å². The first-order valence-corrected chi connectivity index (χ1v) is 7.66. The zero-order valence-electron chi connectivity index (χ0n) is 12.9. The van der Waals surface area contributed by atoms with Crippen LogP contribution in [0.2, 0.25) is 5.02 Å². The fourth-order valence-corrected chi connectivity index (χ4v) is 2.57. The number of rotatable bonds is 4. The molecule has 3 rings (SSSR count). The van der Waals surface area contributed by atoms with Crippen LogP contribution in [0.3, 0.4) is 0 Å². The molecule has 0 radical (unpaired) electrons. The zero-order valence-corrected chi connectivity index (χ0v) is 13.6. The van der Waals surface area contributed by atoms with Crippen LogP contribution < -0.4 is 16.2 Å². The van der Waals surface area contributed by atoms with Gasteiger partial charge in [-0.25, -0.2) is 0 Å². The van der Waals surface area contributed by atoms with Crippen LogP contribution in [0.5, 0.6) is 0 Å². The molecule has 0 saturated heterocycles. The van der Waals surface area contributed by atoms with E-state index in [1.54, 1.807) is 7.11 Å². The number of anilines is 2. The highest BCUT2D eigenvalue weighted by Gasteiger charge is 2.18. The monoisotopic (exact) mass is 330 g/mol. The summed E-state index contributed by atoms with van der Waals surface area (Å²) in [5.41, 5.74) is 12.0. The van der Waals surface area contributed by atoms with E-state index in [1.165, 1.54) is 5.56 Å². The maximum Gasteiger partial charge on any atom is 0.222 e. The van der Waals surface area contributed by atoms with Gasteiger partial charge in [0.2, 0.25) is 5.88 Å². The fraction of sp³-hybridized carbons (Fsp3) is 0.176. The normalized spacial score (nSPS) is 14.3. The lowest BCUT2D eigenvalue weighted by Crippen LogP contribution is -2.48. The van der Waals surface area contributed by atoms with E-state index in [0.29, 0.717) is 12.6 Å². The molecule has 0 aromatic heterocycles. The van der Waals surface area contributed by atoms with E-state index in [9.17, 15) is 0 Å². The highest BCUT2D eigenvalue weighted by Crippen LogP contribution is 2.21. The second-order valence-electron chi connectivity index (χ2n) is 5.35. The lowest BCUT2D eigenvalue weighted by molar-refractivity contribution is 0.207. The molecule has 5 nitrogen and oxygen atoms in total. The fourth-order valence-electron chi connectivity index (χ4n) is 2.44. The van der Waals surface area contributed by atoms with Crippen LogP contribution in [0.4, 0.5) is 11.4 Å². The molecule has 0 amide bonds. The van der Waals surface area contributed by atoms with Gasteiger partial charge in [-0.2, -0.15) is 0 Å². The Morgan fingerprint density at radius 2 is 2.00 bits per heavy atom. The summed E-state index contributed by atoms with van der Waals surface area (Å²) < 4.78 is 5.37. The van der Waals surface area contributed by atoms with E-state index in [-0.39, 0.29) is 0 Å². The molecule has 3 N–H and O–H groups in total. The molecule has 0 fully saturated rings. The smallest absolute Gasteiger partial charge is 0.222 e. The number of nitrogens with zero attached hydrogens (tertiary/aromatic N) is 2. The van der Waals surface area contributed by atoms with Gasteiger partial charge in [0, 0.05) is 17.3 Å². The van der Waals surface area contributed by atoms with Crippen LogP contribution in [0.15, 0.2) is 60.6 Å². The lowest BCUT2D eigenvalue weighted by atomic mass is 10.2. The van der Waals surface area contributed by atoms with Crippen molar-refractivity contribution in [1.29, 1.82) is 0 Å². The number of ether oxygens (including phenoxy) is 1. The van der Waals surface area contributed by atoms with E-state index < -0.39 is 0 Å². The standard InChI is InChI=1S/C17H19ClN4O/c1-23-17-11-21(10-13-5-7-14(18)8-6-13)12-22(20-17)16-4-2-3-15(19)9-16/h2-9,11,20H,10,12,19H2,1H3. The number of nitrogens with two attached hydrogens (primary N) is 1. The number of nitrogen functional groups attached to an aromatic ring is 1. The number of hydrazine groups is 1. The van der Waals surface area contributed by atoms with Crippen molar-refractivity contribution in [2.75, 3.05) is 24.5 Å². The van der Waals surface area contributed by atoms with E-state index in [0.717, 1.165) is 22.9 Å². The third kappa shape index (κ3) is 3.81. The van der Waals surface area contributed by atoms with Gasteiger partial charge in [0.15, 0.2) is 0 Å². The molecule has 1 heterocycles. The van der Waals surface area contributed by atoms with Gasteiger partial charge in [0.05, 0.1) is 19.0 Å². The second-order valence-corrected chi connectivity index (χ2v) is 5.78. The van der Waals surface area contributed by atoms with Crippen molar-refractivity contribution in [3.05, 3.63) is 71.2 Å². The number of methoxy groups -OCH3 is 1. The van der Waals surface area contributed by atoms with Crippen LogP contribution in [0.1, 0.15) is 5.56 Å². The summed E-state index contributed by atoms with van der Waals surface area (Å²) in [6.07, 6.45) is 1.96. The van der Waals surface area contributed by atoms with Gasteiger partial charge < -0.3 is 15.4 Å². The van der Waals surface area contributed by atoms with Crippen LogP contribution in [-0.4, -0.2) is 18.7 Å². The van der Waals surface area contributed by atoms with Crippen molar-refractivity contribution in [3.8, 4) is 0 Å². The first-order chi connectivity index (χ1) is 11.1. The quantitative estimate of drug-likeness (QED) is 0.843. The molecule has 2 aromatic carbocycles. The average Bonchev–Trinajstić information content (AvgIpc) is 2.56. The zero-order chi connectivity index (χ0) is 16.2. The third-order valence-corrected chi connectivity index (χ3v) is 3.82. The number of hydrogen-bond donors (Lipinski definition) is 2. The van der Waals surface area contributed by atoms with Crippen molar-refractivity contribution in [2.45, 2.75) is 6.54 Å². The molecule has 0 aliphatic carbocycles. The summed E-state index contributed by atoms with van der Waals surface area (Å²) in [4.78, 5) is 2.15. The molecule has 0 saturated carbocycles. The Labute approximate surface area is 140 Å². The van der Waals surface area contributed by atoms with Crippen molar-refractivity contribution >= 4 is 23.0 Å². The molecule has 0 unspecified atom stereocenters. The lowest BCUT2D eigenvalue weighted by Gasteiger charge is -2.37. The Kier molecular flexibility index (Phi) is 4.48. The summed E-state index contributed by atoms with van der Waals surface area (Å²) in [7, 11) is 1.64. The summed E-state index contributed by atoms with van der Waals surface area (Å²) in [5.74, 6) is 0.674. The van der Waals surface area contributed by atoms with Crippen molar-refractivity contribution in [1.82, 2.24) is 10.3 Å². The molecule has 120 valence electrons. The first kappa shape index (κ1) is 15.4. The molecule has 6 heteroatoms. The van der Waals surface area contributed by atoms with Crippen LogP contribution in [-0.2, 0) is 11.3 Å². The summed E-state index contributed by atoms with van der Waals surface area (Å²) in [6.45, 7) is 1.42. The highest BCUT2D eigenvalue weighted by molar-refractivity contribution is 6.30. The SMILES string of the molecule is COC1=CN(Cc2ccc(Cl)cc2)CN(c2cccc(N)c2)N1. The van der Waals surface area contributed by atoms with Gasteiger partial charge >= 0.3 is 0 Å². The second kappa shape index (κ2) is 6.71. The molecule has 0 spiro atoms. The molecule has 1 aliphatic heterocycles. The molecular weight excluding hydrogens is 312 g/mol. The van der Waals surface area contributed by atoms with E-state index >= 15 is 0 Å². The van der Waals surface area contributed by atoms with Gasteiger partial charge in [-0.1, -0.05) is 29.8 Å². The van der Waals surface area contributed by atoms with Crippen LogP contribution in [0.25, 0.3) is 0 Å². The Balaban J connectivity index is 1.78. The number of nitrogens with one attached hydrogen (secondary N) is 1. The van der Waals surface area contributed by atoms with Crippen LogP contribution >= 0.6 is 11.6 Å². The number of hydrogen-bond acceptors (Lipinski definition) is 5. The predicted octanol–water partition coefficient (Wildman–Crippen LogP) is 3.15. The first-order valence-electron chi connectivity index (χ1n) is 7.28. The van der Waals surface area contributed by atoms with Crippen molar-refractivity contribution in [3.63, 3.8) is 0 Å².